The minimum absolute atomic E-state index is 0.0717. The second kappa shape index (κ2) is 5.55. The van der Waals surface area contributed by atoms with Crippen LogP contribution >= 0.6 is 11.3 Å². The Morgan fingerprint density at radius 1 is 1.41 bits per heavy atom. The summed E-state index contributed by atoms with van der Waals surface area (Å²) in [6, 6.07) is 5.42. The van der Waals surface area contributed by atoms with Gasteiger partial charge in [0.15, 0.2) is 0 Å². The quantitative estimate of drug-likeness (QED) is 0.855. The molecule has 0 saturated carbocycles. The molecule has 1 aromatic carbocycles. The van der Waals surface area contributed by atoms with Crippen LogP contribution in [0.3, 0.4) is 0 Å². The number of aliphatic hydroxyl groups is 2. The van der Waals surface area contributed by atoms with E-state index < -0.39 is 6.10 Å². The summed E-state index contributed by atoms with van der Waals surface area (Å²) >= 11 is 1.43. The number of hydrogen-bond donors (Lipinski definition) is 2. The molecular formula is C12H14NO3S. The van der Waals surface area contributed by atoms with E-state index in [1.54, 1.807) is 12.1 Å². The first kappa shape index (κ1) is 12.4. The van der Waals surface area contributed by atoms with Crippen LogP contribution in [0.1, 0.15) is 29.5 Å². The fraction of sp³-hybridized carbons (Fsp3) is 0.417. The molecule has 1 atom stereocenters. The van der Waals surface area contributed by atoms with Crippen LogP contribution in [0, 0.1) is 0 Å². The number of hydrogen-bond acceptors (Lipinski definition) is 4. The molecule has 1 aromatic heterocycles. The van der Waals surface area contributed by atoms with Crippen LogP contribution in [0.25, 0.3) is 10.2 Å². The van der Waals surface area contributed by atoms with Gasteiger partial charge in [-0.15, -0.1) is 11.3 Å². The largest absolute Gasteiger partial charge is 0.396 e. The molecule has 17 heavy (non-hydrogen) atoms. The van der Waals surface area contributed by atoms with Crippen molar-refractivity contribution in [3.63, 3.8) is 0 Å². The standard InChI is InChI=1S/C12H14NO3S/c14-5-1-2-10(16)12-13-9-6-8(7-15)3-4-11(9)17-12/h3-4,6,10,14,16H,1-2,5,7H2. The van der Waals surface area contributed by atoms with E-state index in [4.69, 9.17) is 5.11 Å². The Kier molecular flexibility index (Phi) is 4.06. The van der Waals surface area contributed by atoms with Crippen molar-refractivity contribution in [3.8, 4) is 0 Å². The van der Waals surface area contributed by atoms with Gasteiger partial charge in [0.25, 0.3) is 0 Å². The van der Waals surface area contributed by atoms with Crippen LogP contribution in [0.2, 0.25) is 0 Å². The minimum atomic E-state index is -0.629. The molecule has 0 spiro atoms. The van der Waals surface area contributed by atoms with E-state index in [-0.39, 0.29) is 13.2 Å². The second-order valence-corrected chi connectivity index (χ2v) is 4.94. The molecule has 2 N–H and O–H groups in total. The zero-order valence-corrected chi connectivity index (χ0v) is 10.1. The summed E-state index contributed by atoms with van der Waals surface area (Å²) in [6.45, 7) is -0.182. The molecule has 1 heterocycles. The molecule has 0 aliphatic carbocycles. The van der Waals surface area contributed by atoms with E-state index in [9.17, 15) is 10.2 Å². The van der Waals surface area contributed by atoms with Gasteiger partial charge in [0.1, 0.15) is 17.7 Å². The van der Waals surface area contributed by atoms with Crippen LogP contribution in [-0.2, 0) is 11.7 Å². The van der Waals surface area contributed by atoms with Gasteiger partial charge in [-0.25, -0.2) is 10.1 Å². The number of fused-ring (bicyclic) bond motifs is 1. The molecular weight excluding hydrogens is 238 g/mol. The lowest BCUT2D eigenvalue weighted by Gasteiger charge is -2.04. The van der Waals surface area contributed by atoms with E-state index in [1.165, 1.54) is 11.3 Å². The third kappa shape index (κ3) is 2.81. The van der Waals surface area contributed by atoms with Crippen molar-refractivity contribution < 1.29 is 15.3 Å². The lowest BCUT2D eigenvalue weighted by atomic mass is 10.2. The summed E-state index contributed by atoms with van der Waals surface area (Å²) in [5.74, 6) is 0. The Labute approximate surface area is 103 Å². The molecule has 5 heteroatoms. The molecule has 2 rings (SSSR count). The first-order chi connectivity index (χ1) is 8.24. The zero-order chi connectivity index (χ0) is 12.3. The van der Waals surface area contributed by atoms with Gasteiger partial charge in [0.2, 0.25) is 0 Å². The molecule has 0 aliphatic rings. The predicted octanol–water partition coefficient (Wildman–Crippen LogP) is 2.03. The highest BCUT2D eigenvalue weighted by Crippen LogP contribution is 2.29. The Morgan fingerprint density at radius 2 is 2.24 bits per heavy atom. The number of benzene rings is 1. The summed E-state index contributed by atoms with van der Waals surface area (Å²) < 4.78 is 0.972. The third-order valence-corrected chi connectivity index (χ3v) is 3.69. The first-order valence-corrected chi connectivity index (χ1v) is 6.32. The molecule has 4 nitrogen and oxygen atoms in total. The van der Waals surface area contributed by atoms with Crippen LogP contribution in [-0.4, -0.2) is 21.8 Å². The summed E-state index contributed by atoms with van der Waals surface area (Å²) in [5.41, 5.74) is 1.47. The average molecular weight is 252 g/mol. The Balaban J connectivity index is 2.24. The van der Waals surface area contributed by atoms with E-state index >= 15 is 0 Å². The Morgan fingerprint density at radius 3 is 2.94 bits per heavy atom. The highest BCUT2D eigenvalue weighted by atomic mass is 32.1. The second-order valence-electron chi connectivity index (χ2n) is 3.88. The van der Waals surface area contributed by atoms with E-state index in [0.717, 1.165) is 10.2 Å². The molecule has 1 radical (unpaired) electrons. The van der Waals surface area contributed by atoms with Gasteiger partial charge in [0, 0.05) is 6.61 Å². The van der Waals surface area contributed by atoms with Crippen LogP contribution in [0.5, 0.6) is 0 Å². The van der Waals surface area contributed by atoms with Crippen molar-refractivity contribution in [2.45, 2.75) is 25.6 Å². The summed E-state index contributed by atoms with van der Waals surface area (Å²) in [6.07, 6.45) is 0.434. The number of aliphatic hydroxyl groups excluding tert-OH is 2. The fourth-order valence-corrected chi connectivity index (χ4v) is 2.60. The van der Waals surface area contributed by atoms with Gasteiger partial charge < -0.3 is 10.2 Å². The van der Waals surface area contributed by atoms with E-state index in [2.05, 4.69) is 4.98 Å². The molecule has 2 aromatic rings. The number of rotatable bonds is 5. The fourth-order valence-electron chi connectivity index (χ4n) is 1.63. The maximum Gasteiger partial charge on any atom is 0.122 e. The lowest BCUT2D eigenvalue weighted by Crippen LogP contribution is -1.97. The Hall–Kier alpha value is -1.01. The molecule has 0 aliphatic heterocycles. The molecule has 91 valence electrons. The van der Waals surface area contributed by atoms with Gasteiger partial charge in [-0.3, -0.25) is 0 Å². The SMILES string of the molecule is [O]Cc1ccc2sc(C(O)CCCO)nc2c1. The van der Waals surface area contributed by atoms with Gasteiger partial charge in [0.05, 0.1) is 10.2 Å². The van der Waals surface area contributed by atoms with Crippen LogP contribution < -0.4 is 0 Å². The van der Waals surface area contributed by atoms with Crippen molar-refractivity contribution in [3.05, 3.63) is 28.8 Å². The van der Waals surface area contributed by atoms with Crippen molar-refractivity contribution in [2.75, 3.05) is 6.61 Å². The number of thiazole rings is 1. The zero-order valence-electron chi connectivity index (χ0n) is 9.30. The van der Waals surface area contributed by atoms with Gasteiger partial charge in [-0.1, -0.05) is 6.07 Å². The highest BCUT2D eigenvalue weighted by Gasteiger charge is 2.13. The molecule has 0 amide bonds. The van der Waals surface area contributed by atoms with Crippen molar-refractivity contribution >= 4 is 21.6 Å². The lowest BCUT2D eigenvalue weighted by molar-refractivity contribution is 0.151. The van der Waals surface area contributed by atoms with Gasteiger partial charge in [-0.2, -0.15) is 0 Å². The normalized spacial score (nSPS) is 13.1. The third-order valence-electron chi connectivity index (χ3n) is 2.56. The molecule has 0 saturated heterocycles. The molecule has 0 fully saturated rings. The number of aromatic nitrogens is 1. The molecule has 0 bridgehead atoms. The van der Waals surface area contributed by atoms with E-state index in [1.807, 2.05) is 6.07 Å². The minimum Gasteiger partial charge on any atom is -0.396 e. The summed E-state index contributed by atoms with van der Waals surface area (Å²) in [4.78, 5) is 4.32. The van der Waals surface area contributed by atoms with E-state index in [0.29, 0.717) is 23.4 Å². The smallest absolute Gasteiger partial charge is 0.122 e. The maximum atomic E-state index is 10.8. The van der Waals surface area contributed by atoms with Crippen molar-refractivity contribution in [1.29, 1.82) is 0 Å². The summed E-state index contributed by atoms with van der Waals surface area (Å²) in [5, 5.41) is 30.0. The first-order valence-electron chi connectivity index (χ1n) is 5.51. The van der Waals surface area contributed by atoms with Crippen molar-refractivity contribution in [1.82, 2.24) is 4.98 Å². The highest BCUT2D eigenvalue weighted by molar-refractivity contribution is 7.18. The van der Waals surface area contributed by atoms with Crippen molar-refractivity contribution in [2.24, 2.45) is 0 Å². The predicted molar refractivity (Wildman–Crippen MR) is 65.3 cm³/mol. The topological polar surface area (TPSA) is 73.2 Å². The molecule has 1 unspecified atom stereocenters. The van der Waals surface area contributed by atoms with Gasteiger partial charge in [-0.05, 0) is 30.5 Å². The van der Waals surface area contributed by atoms with Gasteiger partial charge >= 0.3 is 0 Å². The monoisotopic (exact) mass is 252 g/mol. The average Bonchev–Trinajstić information content (AvgIpc) is 2.78. The van der Waals surface area contributed by atoms with Crippen LogP contribution in [0.15, 0.2) is 18.2 Å². The van der Waals surface area contributed by atoms with Crippen LogP contribution in [0.4, 0.5) is 0 Å². The number of nitrogens with zero attached hydrogens (tertiary/aromatic N) is 1. The summed E-state index contributed by atoms with van der Waals surface area (Å²) in [7, 11) is 0. The Bertz CT molecular complexity index is 497. The maximum absolute atomic E-state index is 10.8.